The zero-order valence-electron chi connectivity index (χ0n) is 18.3. The predicted octanol–water partition coefficient (Wildman–Crippen LogP) is 4.02. The van der Waals surface area contributed by atoms with E-state index in [2.05, 4.69) is 62.6 Å². The molecular formula is C26H30N4O. The number of benzene rings is 1. The molecule has 3 heterocycles. The SMILES string of the molecule is CNC(=O)C1(Cc2ccc(-c3cccnc3)cc2)CCN(Cc2cccc(C)n2)CC1. The number of hydrogen-bond donors (Lipinski definition) is 1. The zero-order valence-corrected chi connectivity index (χ0v) is 18.3. The van der Waals surface area contributed by atoms with E-state index in [9.17, 15) is 4.79 Å². The number of nitrogens with one attached hydrogen (secondary N) is 1. The Morgan fingerprint density at radius 1 is 1.03 bits per heavy atom. The summed E-state index contributed by atoms with van der Waals surface area (Å²) in [4.78, 5) is 24.2. The Morgan fingerprint density at radius 3 is 2.45 bits per heavy atom. The van der Waals surface area contributed by atoms with Gasteiger partial charge in [0.05, 0.1) is 11.1 Å². The molecule has 2 aromatic heterocycles. The Labute approximate surface area is 184 Å². The minimum Gasteiger partial charge on any atom is -0.359 e. The highest BCUT2D eigenvalue weighted by atomic mass is 16.2. The van der Waals surface area contributed by atoms with Crippen molar-refractivity contribution in [1.29, 1.82) is 0 Å². The summed E-state index contributed by atoms with van der Waals surface area (Å²) in [6, 6.07) is 18.7. The highest BCUT2D eigenvalue weighted by Crippen LogP contribution is 2.36. The van der Waals surface area contributed by atoms with E-state index in [1.807, 2.05) is 25.3 Å². The molecule has 0 bridgehead atoms. The average molecular weight is 415 g/mol. The first-order valence-corrected chi connectivity index (χ1v) is 10.9. The first-order valence-electron chi connectivity index (χ1n) is 10.9. The van der Waals surface area contributed by atoms with Crippen molar-refractivity contribution < 1.29 is 4.79 Å². The van der Waals surface area contributed by atoms with Gasteiger partial charge in [0.2, 0.25) is 5.91 Å². The van der Waals surface area contributed by atoms with Gasteiger partial charge in [-0.1, -0.05) is 36.4 Å². The lowest BCUT2D eigenvalue weighted by Crippen LogP contribution is -2.49. The number of carbonyl (C=O) groups is 1. The van der Waals surface area contributed by atoms with Crippen molar-refractivity contribution in [3.05, 3.63) is 83.9 Å². The molecule has 5 heteroatoms. The van der Waals surface area contributed by atoms with Crippen LogP contribution in [0.2, 0.25) is 0 Å². The Hall–Kier alpha value is -3.05. The summed E-state index contributed by atoms with van der Waals surface area (Å²) in [5.41, 5.74) is 5.23. The lowest BCUT2D eigenvalue weighted by atomic mass is 9.73. The van der Waals surface area contributed by atoms with E-state index in [-0.39, 0.29) is 11.3 Å². The molecule has 4 rings (SSSR count). The van der Waals surface area contributed by atoms with Gasteiger partial charge < -0.3 is 5.32 Å². The van der Waals surface area contributed by atoms with Crippen LogP contribution in [0, 0.1) is 12.3 Å². The first kappa shape index (κ1) is 21.2. The molecular weight excluding hydrogens is 384 g/mol. The smallest absolute Gasteiger partial charge is 0.226 e. The van der Waals surface area contributed by atoms with Gasteiger partial charge >= 0.3 is 0 Å². The fraction of sp³-hybridized carbons (Fsp3) is 0.346. The van der Waals surface area contributed by atoms with Crippen LogP contribution in [0.1, 0.15) is 29.8 Å². The Kier molecular flexibility index (Phi) is 6.42. The molecule has 0 radical (unpaired) electrons. The van der Waals surface area contributed by atoms with Gasteiger partial charge in [0.15, 0.2) is 0 Å². The van der Waals surface area contributed by atoms with Crippen LogP contribution in [-0.4, -0.2) is 40.9 Å². The maximum Gasteiger partial charge on any atom is 0.226 e. The number of piperidine rings is 1. The van der Waals surface area contributed by atoms with Gasteiger partial charge in [-0.15, -0.1) is 0 Å². The lowest BCUT2D eigenvalue weighted by molar-refractivity contribution is -0.133. The standard InChI is InChI=1S/C26H30N4O/c1-20-5-3-7-24(29-20)19-30-15-12-26(13-16-30,25(31)27-2)17-21-8-10-22(11-9-21)23-6-4-14-28-18-23/h3-11,14,18H,12-13,15-17,19H2,1-2H3,(H,27,31). The molecule has 0 aliphatic carbocycles. The summed E-state index contributed by atoms with van der Waals surface area (Å²) in [6.07, 6.45) is 6.12. The molecule has 1 aromatic carbocycles. The number of nitrogens with zero attached hydrogens (tertiary/aromatic N) is 3. The number of hydrogen-bond acceptors (Lipinski definition) is 4. The molecule has 1 saturated heterocycles. The average Bonchev–Trinajstić information content (AvgIpc) is 2.81. The highest BCUT2D eigenvalue weighted by Gasteiger charge is 2.40. The minimum atomic E-state index is -0.360. The highest BCUT2D eigenvalue weighted by molar-refractivity contribution is 5.83. The third-order valence-corrected chi connectivity index (χ3v) is 6.34. The molecule has 0 saturated carbocycles. The van der Waals surface area contributed by atoms with Crippen LogP contribution in [-0.2, 0) is 17.8 Å². The maximum absolute atomic E-state index is 12.9. The van der Waals surface area contributed by atoms with Crippen LogP contribution < -0.4 is 5.32 Å². The summed E-state index contributed by atoms with van der Waals surface area (Å²) < 4.78 is 0. The van der Waals surface area contributed by atoms with Crippen LogP contribution in [0.15, 0.2) is 67.0 Å². The number of carbonyl (C=O) groups excluding carboxylic acids is 1. The summed E-state index contributed by atoms with van der Waals surface area (Å²) >= 11 is 0. The van der Waals surface area contributed by atoms with Crippen molar-refractivity contribution in [2.45, 2.75) is 32.7 Å². The molecule has 1 aliphatic heterocycles. The molecule has 31 heavy (non-hydrogen) atoms. The number of pyridine rings is 2. The minimum absolute atomic E-state index is 0.150. The Morgan fingerprint density at radius 2 is 1.81 bits per heavy atom. The molecule has 1 amide bonds. The third-order valence-electron chi connectivity index (χ3n) is 6.34. The second-order valence-electron chi connectivity index (χ2n) is 8.52. The fourth-order valence-corrected chi connectivity index (χ4v) is 4.54. The van der Waals surface area contributed by atoms with E-state index < -0.39 is 0 Å². The summed E-state index contributed by atoms with van der Waals surface area (Å²) in [6.45, 7) is 4.66. The summed E-state index contributed by atoms with van der Waals surface area (Å²) in [5, 5.41) is 2.93. The van der Waals surface area contributed by atoms with Gasteiger partial charge in [-0.05, 0) is 74.2 Å². The zero-order chi connectivity index (χ0) is 21.7. The van der Waals surface area contributed by atoms with Gasteiger partial charge in [0.25, 0.3) is 0 Å². The van der Waals surface area contributed by atoms with Gasteiger partial charge in [0.1, 0.15) is 0 Å². The van der Waals surface area contributed by atoms with Crippen molar-refractivity contribution in [3.63, 3.8) is 0 Å². The molecule has 1 fully saturated rings. The van der Waals surface area contributed by atoms with E-state index >= 15 is 0 Å². The van der Waals surface area contributed by atoms with Crippen molar-refractivity contribution >= 4 is 5.91 Å². The molecule has 0 atom stereocenters. The van der Waals surface area contributed by atoms with Crippen LogP contribution in [0.3, 0.4) is 0 Å². The number of aromatic nitrogens is 2. The van der Waals surface area contributed by atoms with Gasteiger partial charge in [-0.2, -0.15) is 0 Å². The monoisotopic (exact) mass is 414 g/mol. The van der Waals surface area contributed by atoms with E-state index in [0.29, 0.717) is 0 Å². The Bertz CT molecular complexity index is 1010. The van der Waals surface area contributed by atoms with Crippen molar-refractivity contribution in [2.24, 2.45) is 5.41 Å². The van der Waals surface area contributed by atoms with E-state index in [0.717, 1.165) is 61.4 Å². The number of amides is 1. The topological polar surface area (TPSA) is 58.1 Å². The van der Waals surface area contributed by atoms with Crippen LogP contribution in [0.5, 0.6) is 0 Å². The second-order valence-corrected chi connectivity index (χ2v) is 8.52. The molecule has 1 aliphatic rings. The fourth-order valence-electron chi connectivity index (χ4n) is 4.54. The number of likely N-dealkylation sites (tertiary alicyclic amines) is 1. The van der Waals surface area contributed by atoms with Crippen LogP contribution >= 0.6 is 0 Å². The summed E-state index contributed by atoms with van der Waals surface area (Å²) in [7, 11) is 1.75. The van der Waals surface area contributed by atoms with E-state index in [1.54, 1.807) is 13.2 Å². The molecule has 1 N–H and O–H groups in total. The quantitative estimate of drug-likeness (QED) is 0.662. The number of aryl methyl sites for hydroxylation is 1. The van der Waals surface area contributed by atoms with Gasteiger partial charge in [0, 0.05) is 31.7 Å². The lowest BCUT2D eigenvalue weighted by Gasteiger charge is -2.40. The molecule has 3 aromatic rings. The second kappa shape index (κ2) is 9.40. The van der Waals surface area contributed by atoms with E-state index in [1.165, 1.54) is 5.56 Å². The van der Waals surface area contributed by atoms with Crippen LogP contribution in [0.25, 0.3) is 11.1 Å². The normalized spacial score (nSPS) is 16.1. The summed E-state index contributed by atoms with van der Waals surface area (Å²) in [5.74, 6) is 0.150. The maximum atomic E-state index is 12.9. The van der Waals surface area contributed by atoms with Gasteiger partial charge in [-0.25, -0.2) is 0 Å². The third kappa shape index (κ3) is 5.00. The van der Waals surface area contributed by atoms with Crippen molar-refractivity contribution in [1.82, 2.24) is 20.2 Å². The van der Waals surface area contributed by atoms with Crippen molar-refractivity contribution in [3.8, 4) is 11.1 Å². The Balaban J connectivity index is 1.45. The molecule has 0 unspecified atom stereocenters. The molecule has 0 spiro atoms. The largest absolute Gasteiger partial charge is 0.359 e. The first-order chi connectivity index (χ1) is 15.1. The molecule has 5 nitrogen and oxygen atoms in total. The number of rotatable bonds is 6. The predicted molar refractivity (Wildman–Crippen MR) is 123 cm³/mol. The van der Waals surface area contributed by atoms with Gasteiger partial charge in [-0.3, -0.25) is 19.7 Å². The van der Waals surface area contributed by atoms with Crippen LogP contribution in [0.4, 0.5) is 0 Å². The van der Waals surface area contributed by atoms with Crippen molar-refractivity contribution in [2.75, 3.05) is 20.1 Å². The van der Waals surface area contributed by atoms with E-state index in [4.69, 9.17) is 0 Å². The molecule has 160 valence electrons.